The van der Waals surface area contributed by atoms with E-state index in [-0.39, 0.29) is 29.9 Å². The summed E-state index contributed by atoms with van der Waals surface area (Å²) in [5.41, 5.74) is 2.13. The second kappa shape index (κ2) is 11.1. The van der Waals surface area contributed by atoms with Crippen molar-refractivity contribution >= 4 is 35.8 Å². The largest absolute Gasteiger partial charge is 0.361 e. The highest BCUT2D eigenvalue weighted by atomic mass is 127. The average molecular weight is 518 g/mol. The summed E-state index contributed by atoms with van der Waals surface area (Å²) in [5.74, 6) is 2.38. The Bertz CT molecular complexity index is 674. The van der Waals surface area contributed by atoms with Crippen molar-refractivity contribution in [3.63, 3.8) is 0 Å². The number of carbonyl (C=O) groups excluding carboxylic acids is 1. The fourth-order valence-corrected chi connectivity index (χ4v) is 4.25. The smallest absolute Gasteiger partial charge is 0.236 e. The molecule has 1 aromatic heterocycles. The van der Waals surface area contributed by atoms with Crippen molar-refractivity contribution in [2.45, 2.75) is 39.5 Å². The minimum absolute atomic E-state index is 0. The lowest BCUT2D eigenvalue weighted by molar-refractivity contribution is -0.131. The number of nitrogens with one attached hydrogen (secondary N) is 1. The molecule has 1 amide bonds. The third-order valence-corrected chi connectivity index (χ3v) is 5.85. The first-order valence-corrected chi connectivity index (χ1v) is 10.4. The summed E-state index contributed by atoms with van der Waals surface area (Å²) in [4.78, 5) is 23.3. The van der Waals surface area contributed by atoms with Crippen LogP contribution in [0.15, 0.2) is 9.52 Å². The predicted molar refractivity (Wildman–Crippen MR) is 125 cm³/mol. The van der Waals surface area contributed by atoms with E-state index in [1.807, 2.05) is 25.8 Å². The molecular weight excluding hydrogens is 483 g/mol. The van der Waals surface area contributed by atoms with Crippen molar-refractivity contribution in [2.24, 2.45) is 4.99 Å². The molecule has 1 N–H and O–H groups in total. The number of halogens is 1. The maximum Gasteiger partial charge on any atom is 0.236 e. The van der Waals surface area contributed by atoms with Crippen LogP contribution in [0.2, 0.25) is 0 Å². The van der Waals surface area contributed by atoms with Crippen LogP contribution in [0, 0.1) is 13.8 Å². The van der Waals surface area contributed by atoms with Crippen molar-refractivity contribution in [2.75, 3.05) is 59.4 Å². The van der Waals surface area contributed by atoms with Crippen molar-refractivity contribution in [1.29, 1.82) is 0 Å². The van der Waals surface area contributed by atoms with Gasteiger partial charge in [-0.3, -0.25) is 14.7 Å². The molecule has 8 nitrogen and oxygen atoms in total. The molecule has 164 valence electrons. The highest BCUT2D eigenvalue weighted by Crippen LogP contribution is 2.22. The van der Waals surface area contributed by atoms with Crippen LogP contribution < -0.4 is 5.32 Å². The summed E-state index contributed by atoms with van der Waals surface area (Å²) < 4.78 is 5.29. The van der Waals surface area contributed by atoms with Gasteiger partial charge in [-0.2, -0.15) is 0 Å². The van der Waals surface area contributed by atoms with Crippen LogP contribution in [0.1, 0.15) is 42.7 Å². The Kier molecular flexibility index (Phi) is 9.19. The number of aliphatic imine (C=N–C) groups is 1. The van der Waals surface area contributed by atoms with Crippen molar-refractivity contribution in [1.82, 2.24) is 25.2 Å². The lowest BCUT2D eigenvalue weighted by Crippen LogP contribution is -2.54. The zero-order valence-electron chi connectivity index (χ0n) is 18.1. The number of guanidine groups is 1. The average Bonchev–Trinajstić information content (AvgIpc) is 3.33. The van der Waals surface area contributed by atoms with E-state index in [1.165, 1.54) is 5.56 Å². The Labute approximate surface area is 191 Å². The summed E-state index contributed by atoms with van der Waals surface area (Å²) >= 11 is 0. The van der Waals surface area contributed by atoms with Gasteiger partial charge in [0, 0.05) is 64.3 Å². The lowest BCUT2D eigenvalue weighted by atomic mass is 10.00. The number of rotatable bonds is 5. The Morgan fingerprint density at radius 1 is 1.14 bits per heavy atom. The molecule has 0 radical (unpaired) electrons. The molecule has 3 heterocycles. The first-order valence-electron chi connectivity index (χ1n) is 10.4. The van der Waals surface area contributed by atoms with E-state index in [1.54, 1.807) is 0 Å². The van der Waals surface area contributed by atoms with E-state index >= 15 is 0 Å². The maximum atomic E-state index is 12.4. The predicted octanol–water partition coefficient (Wildman–Crippen LogP) is 1.83. The molecule has 2 aliphatic heterocycles. The van der Waals surface area contributed by atoms with E-state index in [4.69, 9.17) is 4.52 Å². The molecule has 2 saturated heterocycles. The zero-order valence-corrected chi connectivity index (χ0v) is 20.4. The van der Waals surface area contributed by atoms with Crippen LogP contribution in [-0.4, -0.2) is 91.1 Å². The van der Waals surface area contributed by atoms with Gasteiger partial charge in [0.2, 0.25) is 5.91 Å². The topological polar surface area (TPSA) is 77.2 Å². The normalized spacial score (nSPS) is 19.2. The molecule has 2 aliphatic rings. The van der Waals surface area contributed by atoms with Gasteiger partial charge >= 0.3 is 0 Å². The SMILES string of the molecule is CN=C(NCC(C)c1c(C)noc1C)N1CCN(CC(=O)N2CCCC2)CC1.I. The van der Waals surface area contributed by atoms with Gasteiger partial charge in [0.1, 0.15) is 5.76 Å². The van der Waals surface area contributed by atoms with Crippen LogP contribution in [-0.2, 0) is 4.79 Å². The van der Waals surface area contributed by atoms with Gasteiger partial charge in [0.05, 0.1) is 12.2 Å². The Hall–Kier alpha value is -1.36. The minimum Gasteiger partial charge on any atom is -0.361 e. The number of likely N-dealkylation sites (tertiary alicyclic amines) is 1. The number of hydrogen-bond donors (Lipinski definition) is 1. The van der Waals surface area contributed by atoms with Gasteiger partial charge in [-0.1, -0.05) is 12.1 Å². The summed E-state index contributed by atoms with van der Waals surface area (Å²) in [6, 6.07) is 0. The number of nitrogens with zero attached hydrogens (tertiary/aromatic N) is 5. The van der Waals surface area contributed by atoms with Crippen LogP contribution in [0.3, 0.4) is 0 Å². The van der Waals surface area contributed by atoms with Crippen LogP contribution in [0.4, 0.5) is 0 Å². The third kappa shape index (κ3) is 6.07. The van der Waals surface area contributed by atoms with Gasteiger partial charge in [-0.05, 0) is 26.7 Å². The molecule has 0 saturated carbocycles. The Balaban J connectivity index is 0.00000300. The first-order chi connectivity index (χ1) is 13.5. The number of aryl methyl sites for hydroxylation is 2. The minimum atomic E-state index is 0. The summed E-state index contributed by atoms with van der Waals surface area (Å²) in [6.45, 7) is 12.8. The van der Waals surface area contributed by atoms with Crippen molar-refractivity contribution in [3.8, 4) is 0 Å². The molecule has 2 fully saturated rings. The number of aromatic nitrogens is 1. The third-order valence-electron chi connectivity index (χ3n) is 5.85. The Morgan fingerprint density at radius 3 is 2.34 bits per heavy atom. The van der Waals surface area contributed by atoms with E-state index in [9.17, 15) is 4.79 Å². The number of hydrogen-bond acceptors (Lipinski definition) is 5. The molecule has 1 atom stereocenters. The molecule has 0 bridgehead atoms. The van der Waals surface area contributed by atoms with Gasteiger partial charge in [0.25, 0.3) is 0 Å². The summed E-state index contributed by atoms with van der Waals surface area (Å²) in [5, 5.41) is 7.55. The van der Waals surface area contributed by atoms with E-state index in [0.717, 1.165) is 76.1 Å². The number of carbonyl (C=O) groups is 1. The first kappa shape index (κ1) is 23.9. The molecule has 1 unspecified atom stereocenters. The van der Waals surface area contributed by atoms with Gasteiger partial charge in [-0.25, -0.2) is 0 Å². The molecule has 0 aromatic carbocycles. The maximum absolute atomic E-state index is 12.4. The van der Waals surface area contributed by atoms with E-state index in [2.05, 4.69) is 32.2 Å². The van der Waals surface area contributed by atoms with Crippen LogP contribution >= 0.6 is 24.0 Å². The molecule has 29 heavy (non-hydrogen) atoms. The van der Waals surface area contributed by atoms with Gasteiger partial charge in [0.15, 0.2) is 5.96 Å². The molecule has 0 aliphatic carbocycles. The van der Waals surface area contributed by atoms with Crippen LogP contribution in [0.25, 0.3) is 0 Å². The standard InChI is InChI=1S/C20H34N6O2.HI/c1-15(19-16(2)23-28-17(19)3)13-22-20(21-4)26-11-9-24(10-12-26)14-18(27)25-7-5-6-8-25;/h15H,5-14H2,1-4H3,(H,21,22);1H. The highest BCUT2D eigenvalue weighted by molar-refractivity contribution is 14.0. The monoisotopic (exact) mass is 518 g/mol. The number of amides is 1. The molecule has 9 heteroatoms. The van der Waals surface area contributed by atoms with Crippen molar-refractivity contribution in [3.05, 3.63) is 17.0 Å². The fourth-order valence-electron chi connectivity index (χ4n) is 4.25. The molecule has 0 spiro atoms. The molecule has 1 aromatic rings. The lowest BCUT2D eigenvalue weighted by Gasteiger charge is -2.37. The fraction of sp³-hybridized carbons (Fsp3) is 0.750. The quantitative estimate of drug-likeness (QED) is 0.364. The van der Waals surface area contributed by atoms with Gasteiger partial charge < -0.3 is 19.6 Å². The summed E-state index contributed by atoms with van der Waals surface area (Å²) in [7, 11) is 1.83. The van der Waals surface area contributed by atoms with E-state index in [0.29, 0.717) is 12.5 Å². The van der Waals surface area contributed by atoms with Crippen LogP contribution in [0.5, 0.6) is 0 Å². The van der Waals surface area contributed by atoms with Crippen molar-refractivity contribution < 1.29 is 9.32 Å². The highest BCUT2D eigenvalue weighted by Gasteiger charge is 2.25. The second-order valence-electron chi connectivity index (χ2n) is 7.92. The zero-order chi connectivity index (χ0) is 20.1. The second-order valence-corrected chi connectivity index (χ2v) is 7.92. The number of piperazine rings is 1. The molecular formula is C20H35IN6O2. The molecule has 3 rings (SSSR count). The Morgan fingerprint density at radius 2 is 1.79 bits per heavy atom. The summed E-state index contributed by atoms with van der Waals surface area (Å²) in [6.07, 6.45) is 2.29. The van der Waals surface area contributed by atoms with Gasteiger partial charge in [-0.15, -0.1) is 24.0 Å². The van der Waals surface area contributed by atoms with E-state index < -0.39 is 0 Å².